The van der Waals surface area contributed by atoms with Gasteiger partial charge in [-0.15, -0.1) is 0 Å². The molecule has 4 N–H and O–H groups in total. The molecule has 0 unspecified atom stereocenters. The highest BCUT2D eigenvalue weighted by atomic mass is 35.5. The fourth-order valence-electron chi connectivity index (χ4n) is 1.03. The Hall–Kier alpha value is -1.47. The zero-order valence-electron chi connectivity index (χ0n) is 8.32. The molecular weight excluding hydrogens is 254 g/mol. The van der Waals surface area contributed by atoms with Crippen LogP contribution >= 0.6 is 11.6 Å². The number of rotatable bonds is 2. The van der Waals surface area contributed by atoms with E-state index in [0.717, 1.165) is 0 Å². The van der Waals surface area contributed by atoms with Crippen LogP contribution in [0.1, 0.15) is 0 Å². The van der Waals surface area contributed by atoms with E-state index >= 15 is 0 Å². The average molecular weight is 264 g/mol. The first-order valence-corrected chi connectivity index (χ1v) is 6.03. The van der Waals surface area contributed by atoms with Crippen molar-refractivity contribution in [1.82, 2.24) is 10.0 Å². The number of amides is 2. The quantitative estimate of drug-likeness (QED) is 0.678. The predicted octanol–water partition coefficient (Wildman–Crippen LogP) is 0.540. The van der Waals surface area contributed by atoms with Gasteiger partial charge in [-0.3, -0.25) is 0 Å². The Morgan fingerprint density at radius 1 is 1.44 bits per heavy atom. The van der Waals surface area contributed by atoms with Gasteiger partial charge in [-0.25, -0.2) is 17.9 Å². The molecule has 0 atom stereocenters. The highest BCUT2D eigenvalue weighted by molar-refractivity contribution is 7.90. The molecule has 0 saturated carbocycles. The zero-order chi connectivity index (χ0) is 12.3. The van der Waals surface area contributed by atoms with E-state index < -0.39 is 16.1 Å². The molecule has 0 saturated heterocycles. The van der Waals surface area contributed by atoms with Gasteiger partial charge in [0.05, 0.1) is 10.7 Å². The van der Waals surface area contributed by atoms with Crippen LogP contribution in [0.5, 0.6) is 0 Å². The van der Waals surface area contributed by atoms with Gasteiger partial charge >= 0.3 is 6.03 Å². The third-order valence-corrected chi connectivity index (χ3v) is 3.59. The van der Waals surface area contributed by atoms with Crippen molar-refractivity contribution in [2.45, 2.75) is 4.90 Å². The van der Waals surface area contributed by atoms with E-state index in [4.69, 9.17) is 17.3 Å². The summed E-state index contributed by atoms with van der Waals surface area (Å²) in [5, 5.41) is 2.07. The van der Waals surface area contributed by atoms with Gasteiger partial charge in [0.1, 0.15) is 4.90 Å². The normalized spacial score (nSPS) is 10.9. The lowest BCUT2D eigenvalue weighted by Gasteiger charge is -2.09. The molecular formula is C8H10ClN3O3S. The van der Waals surface area contributed by atoms with E-state index in [1.54, 1.807) is 4.72 Å². The van der Waals surface area contributed by atoms with E-state index in [2.05, 4.69) is 5.32 Å². The average Bonchev–Trinajstić information content (AvgIpc) is 2.16. The second-order valence-corrected chi connectivity index (χ2v) is 4.87. The van der Waals surface area contributed by atoms with E-state index in [1.807, 2.05) is 0 Å². The first-order valence-electron chi connectivity index (χ1n) is 4.17. The van der Waals surface area contributed by atoms with E-state index in [9.17, 15) is 13.2 Å². The summed E-state index contributed by atoms with van der Waals surface area (Å²) in [7, 11) is -2.76. The summed E-state index contributed by atoms with van der Waals surface area (Å²) < 4.78 is 25.2. The van der Waals surface area contributed by atoms with Gasteiger partial charge in [-0.2, -0.15) is 0 Å². The minimum Gasteiger partial charge on any atom is -0.398 e. The monoisotopic (exact) mass is 263 g/mol. The number of benzene rings is 1. The van der Waals surface area contributed by atoms with E-state index in [0.29, 0.717) is 0 Å². The van der Waals surface area contributed by atoms with Gasteiger partial charge in [0.15, 0.2) is 0 Å². The van der Waals surface area contributed by atoms with Gasteiger partial charge < -0.3 is 11.1 Å². The molecule has 2 amide bonds. The minimum absolute atomic E-state index is 0.0242. The van der Waals surface area contributed by atoms with Gasteiger partial charge in [0, 0.05) is 7.05 Å². The molecule has 1 aromatic rings. The van der Waals surface area contributed by atoms with E-state index in [1.165, 1.54) is 25.2 Å². The van der Waals surface area contributed by atoms with Crippen LogP contribution in [0.4, 0.5) is 10.5 Å². The molecule has 88 valence electrons. The predicted molar refractivity (Wildman–Crippen MR) is 60.6 cm³/mol. The van der Waals surface area contributed by atoms with Crippen molar-refractivity contribution in [3.63, 3.8) is 0 Å². The van der Waals surface area contributed by atoms with Gasteiger partial charge in [0.2, 0.25) is 0 Å². The molecule has 0 heterocycles. The van der Waals surface area contributed by atoms with Gasteiger partial charge in [-0.1, -0.05) is 17.7 Å². The Labute approximate surface area is 97.8 Å². The minimum atomic E-state index is -4.05. The lowest BCUT2D eigenvalue weighted by atomic mass is 10.3. The maximum Gasteiger partial charge on any atom is 0.328 e. The van der Waals surface area contributed by atoms with Gasteiger partial charge in [-0.05, 0) is 12.1 Å². The molecule has 0 radical (unpaired) electrons. The summed E-state index contributed by atoms with van der Waals surface area (Å²) in [6.07, 6.45) is 0. The Morgan fingerprint density at radius 2 is 2.06 bits per heavy atom. The van der Waals surface area contributed by atoms with Crippen molar-refractivity contribution in [2.24, 2.45) is 0 Å². The number of sulfonamides is 1. The summed E-state index contributed by atoms with van der Waals surface area (Å²) in [4.78, 5) is 10.6. The first kappa shape index (κ1) is 12.6. The fraction of sp³-hybridized carbons (Fsp3) is 0.125. The Kier molecular flexibility index (Phi) is 3.61. The Balaban J connectivity index is 3.23. The van der Waals surface area contributed by atoms with Crippen LogP contribution in [-0.4, -0.2) is 21.5 Å². The summed E-state index contributed by atoms with van der Waals surface area (Å²) in [5.41, 5.74) is 5.47. The number of urea groups is 1. The first-order chi connectivity index (χ1) is 7.38. The maximum atomic E-state index is 11.7. The van der Waals surface area contributed by atoms with Crippen molar-refractivity contribution < 1.29 is 13.2 Å². The van der Waals surface area contributed by atoms with Crippen molar-refractivity contribution >= 4 is 33.3 Å². The number of carbonyl (C=O) groups is 1. The molecule has 6 nitrogen and oxygen atoms in total. The number of hydrogen-bond donors (Lipinski definition) is 3. The molecule has 0 aromatic heterocycles. The summed E-state index contributed by atoms with van der Waals surface area (Å²) in [6, 6.07) is 3.40. The standard InChI is InChI=1S/C8H10ClN3O3S/c1-11-8(13)12-16(14,15)7-5(9)3-2-4-6(7)10/h2-4H,10H2,1H3,(H2,11,12,13). The molecule has 8 heteroatoms. The highest BCUT2D eigenvalue weighted by Gasteiger charge is 2.22. The van der Waals surface area contributed by atoms with Gasteiger partial charge in [0.25, 0.3) is 10.0 Å². The SMILES string of the molecule is CNC(=O)NS(=O)(=O)c1c(N)cccc1Cl. The largest absolute Gasteiger partial charge is 0.398 e. The smallest absolute Gasteiger partial charge is 0.328 e. The fourth-order valence-corrected chi connectivity index (χ4v) is 2.67. The second-order valence-electron chi connectivity index (χ2n) is 2.84. The van der Waals surface area contributed by atoms with Crippen LogP contribution in [0.3, 0.4) is 0 Å². The molecule has 0 aliphatic carbocycles. The number of nitrogens with one attached hydrogen (secondary N) is 2. The summed E-state index contributed by atoms with van der Waals surface area (Å²) >= 11 is 5.71. The molecule has 0 bridgehead atoms. The number of halogens is 1. The summed E-state index contributed by atoms with van der Waals surface area (Å²) in [6.45, 7) is 0. The van der Waals surface area contributed by atoms with Crippen molar-refractivity contribution in [2.75, 3.05) is 12.8 Å². The number of hydrogen-bond acceptors (Lipinski definition) is 4. The van der Waals surface area contributed by atoms with Crippen molar-refractivity contribution in [1.29, 1.82) is 0 Å². The lowest BCUT2D eigenvalue weighted by Crippen LogP contribution is -2.37. The molecule has 16 heavy (non-hydrogen) atoms. The summed E-state index contributed by atoms with van der Waals surface area (Å²) in [5.74, 6) is 0. The van der Waals surface area contributed by atoms with Crippen LogP contribution in [0.2, 0.25) is 5.02 Å². The molecule has 0 aliphatic rings. The molecule has 1 aromatic carbocycles. The molecule has 0 aliphatic heterocycles. The number of nitrogen functional groups attached to an aromatic ring is 1. The highest BCUT2D eigenvalue weighted by Crippen LogP contribution is 2.26. The van der Waals surface area contributed by atoms with Crippen molar-refractivity contribution in [3.05, 3.63) is 23.2 Å². The Morgan fingerprint density at radius 3 is 2.56 bits per heavy atom. The maximum absolute atomic E-state index is 11.7. The van der Waals surface area contributed by atoms with Crippen LogP contribution in [0.25, 0.3) is 0 Å². The van der Waals surface area contributed by atoms with Crippen LogP contribution in [0.15, 0.2) is 23.1 Å². The van der Waals surface area contributed by atoms with Crippen molar-refractivity contribution in [3.8, 4) is 0 Å². The number of nitrogens with two attached hydrogens (primary N) is 1. The van der Waals surface area contributed by atoms with Crippen LogP contribution in [-0.2, 0) is 10.0 Å². The molecule has 0 spiro atoms. The third kappa shape index (κ3) is 2.56. The Bertz CT molecular complexity index is 495. The zero-order valence-corrected chi connectivity index (χ0v) is 9.89. The number of carbonyl (C=O) groups excluding carboxylic acids is 1. The van der Waals surface area contributed by atoms with E-state index in [-0.39, 0.29) is 15.6 Å². The molecule has 1 rings (SSSR count). The van der Waals surface area contributed by atoms with Crippen LogP contribution in [0, 0.1) is 0 Å². The number of anilines is 1. The topological polar surface area (TPSA) is 101 Å². The second kappa shape index (κ2) is 4.58. The molecule has 0 fully saturated rings. The lowest BCUT2D eigenvalue weighted by molar-refractivity contribution is 0.248. The van der Waals surface area contributed by atoms with Crippen LogP contribution < -0.4 is 15.8 Å². The third-order valence-electron chi connectivity index (χ3n) is 1.72.